The topological polar surface area (TPSA) is 111 Å². The van der Waals surface area contributed by atoms with Crippen molar-refractivity contribution in [3.8, 4) is 11.6 Å². The summed E-state index contributed by atoms with van der Waals surface area (Å²) in [7, 11) is 0. The average molecular weight is 493 g/mol. The monoisotopic (exact) mass is 493 g/mol. The fourth-order valence-corrected chi connectivity index (χ4v) is 4.29. The Balaban J connectivity index is 1.49. The lowest BCUT2D eigenvalue weighted by Crippen LogP contribution is -2.39. The molecule has 2 aliphatic rings. The van der Waals surface area contributed by atoms with Gasteiger partial charge in [0.05, 0.1) is 35.9 Å². The number of carbonyl (C=O) groups excluding carboxylic acids is 1. The van der Waals surface area contributed by atoms with E-state index in [0.29, 0.717) is 56.3 Å². The molecular formula is C25H24FN5O5. The number of anilines is 1. The Hall–Kier alpha value is -4.12. The Bertz CT molecular complexity index is 1330. The van der Waals surface area contributed by atoms with Crippen LogP contribution in [-0.2, 0) is 17.7 Å². The molecule has 10 nitrogen and oxygen atoms in total. The van der Waals surface area contributed by atoms with Gasteiger partial charge in [-0.1, -0.05) is 18.2 Å². The van der Waals surface area contributed by atoms with Crippen molar-refractivity contribution >= 4 is 17.5 Å². The van der Waals surface area contributed by atoms with Gasteiger partial charge in [0.15, 0.2) is 11.6 Å². The number of amides is 1. The highest BCUT2D eigenvalue weighted by atomic mass is 19.1. The first-order valence-corrected chi connectivity index (χ1v) is 11.6. The van der Waals surface area contributed by atoms with Crippen molar-refractivity contribution in [2.75, 3.05) is 37.7 Å². The van der Waals surface area contributed by atoms with Crippen LogP contribution >= 0.6 is 0 Å². The van der Waals surface area contributed by atoms with E-state index in [1.165, 1.54) is 18.2 Å². The fourth-order valence-electron chi connectivity index (χ4n) is 4.29. The van der Waals surface area contributed by atoms with E-state index in [1.807, 2.05) is 4.90 Å². The van der Waals surface area contributed by atoms with Crippen LogP contribution in [0, 0.1) is 22.9 Å². The highest BCUT2D eigenvalue weighted by Gasteiger charge is 2.29. The minimum Gasteiger partial charge on any atom is -0.435 e. The number of hydrogen-bond donors (Lipinski definition) is 0. The van der Waals surface area contributed by atoms with Crippen molar-refractivity contribution < 1.29 is 23.6 Å². The third kappa shape index (κ3) is 4.69. The predicted molar refractivity (Wildman–Crippen MR) is 128 cm³/mol. The standard InChI is InChI=1S/C25H24FN5O5/c1-16-6-7-17(14-21(16)31(33)34)24(32)30-9-8-20-18(15-30)23(36-22-5-3-2-4-19(22)26)28-25(27-20)29-10-12-35-13-11-29/h2-7,14H,8-13,15H2,1H3. The van der Waals surface area contributed by atoms with E-state index in [1.54, 1.807) is 36.1 Å². The number of nitro benzene ring substituents is 1. The molecule has 0 aliphatic carbocycles. The first-order valence-electron chi connectivity index (χ1n) is 11.6. The lowest BCUT2D eigenvalue weighted by molar-refractivity contribution is -0.385. The smallest absolute Gasteiger partial charge is 0.273 e. The number of carbonyl (C=O) groups is 1. The zero-order chi connectivity index (χ0) is 25.2. The highest BCUT2D eigenvalue weighted by Crippen LogP contribution is 2.33. The first kappa shape index (κ1) is 23.6. The molecule has 2 aliphatic heterocycles. The SMILES string of the molecule is Cc1ccc(C(=O)N2CCc3nc(N4CCOCC4)nc(Oc4ccccc4F)c3C2)cc1[N+](=O)[O-]. The molecule has 0 radical (unpaired) electrons. The fraction of sp³-hybridized carbons (Fsp3) is 0.320. The van der Waals surface area contributed by atoms with Gasteiger partial charge in [0.25, 0.3) is 11.6 Å². The van der Waals surface area contributed by atoms with Gasteiger partial charge in [-0.25, -0.2) is 9.37 Å². The zero-order valence-corrected chi connectivity index (χ0v) is 19.6. The first-order chi connectivity index (χ1) is 17.4. The Morgan fingerprint density at radius 3 is 2.67 bits per heavy atom. The highest BCUT2D eigenvalue weighted by molar-refractivity contribution is 5.95. The van der Waals surface area contributed by atoms with Crippen LogP contribution in [-0.4, -0.2) is 58.5 Å². The van der Waals surface area contributed by atoms with Crippen LogP contribution in [0.3, 0.4) is 0 Å². The number of halogens is 1. The number of aromatic nitrogens is 2. The van der Waals surface area contributed by atoms with Gasteiger partial charge in [0.1, 0.15) is 0 Å². The summed E-state index contributed by atoms with van der Waals surface area (Å²) in [6.45, 7) is 4.46. The zero-order valence-electron chi connectivity index (χ0n) is 19.6. The Morgan fingerprint density at radius 1 is 1.14 bits per heavy atom. The van der Waals surface area contributed by atoms with Crippen LogP contribution < -0.4 is 9.64 Å². The summed E-state index contributed by atoms with van der Waals surface area (Å²) in [6, 6.07) is 10.5. The summed E-state index contributed by atoms with van der Waals surface area (Å²) in [6.07, 6.45) is 0.433. The molecular weight excluding hydrogens is 469 g/mol. The van der Waals surface area contributed by atoms with E-state index >= 15 is 0 Å². The quantitative estimate of drug-likeness (QED) is 0.391. The molecule has 3 heterocycles. The van der Waals surface area contributed by atoms with Crippen LogP contribution in [0.25, 0.3) is 0 Å². The third-order valence-electron chi connectivity index (χ3n) is 6.29. The van der Waals surface area contributed by atoms with Crippen molar-refractivity contribution in [3.05, 3.63) is 80.8 Å². The van der Waals surface area contributed by atoms with Gasteiger partial charge in [-0.2, -0.15) is 4.98 Å². The van der Waals surface area contributed by atoms with Crippen molar-refractivity contribution in [3.63, 3.8) is 0 Å². The summed E-state index contributed by atoms with van der Waals surface area (Å²) in [5.74, 6) is -0.216. The number of nitro groups is 1. The largest absolute Gasteiger partial charge is 0.435 e. The molecule has 2 aromatic carbocycles. The van der Waals surface area contributed by atoms with Gasteiger partial charge in [-0.3, -0.25) is 14.9 Å². The minimum absolute atomic E-state index is 0.0175. The number of fused-ring (bicyclic) bond motifs is 1. The van der Waals surface area contributed by atoms with E-state index in [-0.39, 0.29) is 35.3 Å². The molecule has 3 aromatic rings. The second-order valence-corrected chi connectivity index (χ2v) is 8.62. The second kappa shape index (κ2) is 9.86. The number of aryl methyl sites for hydroxylation is 1. The average Bonchev–Trinajstić information content (AvgIpc) is 2.90. The number of ether oxygens (including phenoxy) is 2. The molecule has 0 unspecified atom stereocenters. The van der Waals surface area contributed by atoms with Gasteiger partial charge in [0.2, 0.25) is 11.8 Å². The van der Waals surface area contributed by atoms with E-state index in [9.17, 15) is 19.3 Å². The van der Waals surface area contributed by atoms with E-state index in [2.05, 4.69) is 4.98 Å². The molecule has 1 amide bonds. The maximum absolute atomic E-state index is 14.4. The summed E-state index contributed by atoms with van der Waals surface area (Å²) in [5, 5.41) is 11.3. The van der Waals surface area contributed by atoms with E-state index in [0.717, 1.165) is 5.69 Å². The van der Waals surface area contributed by atoms with Gasteiger partial charge >= 0.3 is 0 Å². The molecule has 0 spiro atoms. The number of nitrogens with zero attached hydrogens (tertiary/aromatic N) is 5. The van der Waals surface area contributed by atoms with E-state index in [4.69, 9.17) is 14.5 Å². The van der Waals surface area contributed by atoms with Crippen LogP contribution in [0.1, 0.15) is 27.2 Å². The molecule has 36 heavy (non-hydrogen) atoms. The maximum Gasteiger partial charge on any atom is 0.273 e. The summed E-state index contributed by atoms with van der Waals surface area (Å²) < 4.78 is 25.8. The molecule has 186 valence electrons. The molecule has 1 aromatic heterocycles. The Labute approximate surface area is 206 Å². The van der Waals surface area contributed by atoms with Gasteiger partial charge in [0, 0.05) is 43.2 Å². The third-order valence-corrected chi connectivity index (χ3v) is 6.29. The molecule has 5 rings (SSSR count). The molecule has 0 bridgehead atoms. The molecule has 0 saturated carbocycles. The lowest BCUT2D eigenvalue weighted by Gasteiger charge is -2.32. The summed E-state index contributed by atoms with van der Waals surface area (Å²) in [4.78, 5) is 37.0. The summed E-state index contributed by atoms with van der Waals surface area (Å²) in [5.41, 5.74) is 1.89. The molecule has 11 heteroatoms. The normalized spacial score (nSPS) is 15.4. The number of rotatable bonds is 5. The van der Waals surface area contributed by atoms with Crippen molar-refractivity contribution in [2.24, 2.45) is 0 Å². The maximum atomic E-state index is 14.4. The van der Waals surface area contributed by atoms with Crippen molar-refractivity contribution in [1.29, 1.82) is 0 Å². The summed E-state index contributed by atoms with van der Waals surface area (Å²) >= 11 is 0. The molecule has 1 fully saturated rings. The number of hydrogen-bond acceptors (Lipinski definition) is 8. The number of morpholine rings is 1. The minimum atomic E-state index is -0.534. The molecule has 0 N–H and O–H groups in total. The van der Waals surface area contributed by atoms with Gasteiger partial charge < -0.3 is 19.3 Å². The Kier molecular flexibility index (Phi) is 6.47. The number of para-hydroxylation sites is 1. The van der Waals surface area contributed by atoms with E-state index < -0.39 is 10.7 Å². The van der Waals surface area contributed by atoms with Gasteiger partial charge in [-0.05, 0) is 25.1 Å². The van der Waals surface area contributed by atoms with Crippen LogP contribution in [0.5, 0.6) is 11.6 Å². The van der Waals surface area contributed by atoms with Crippen molar-refractivity contribution in [1.82, 2.24) is 14.9 Å². The lowest BCUT2D eigenvalue weighted by atomic mass is 10.0. The molecule has 0 atom stereocenters. The van der Waals surface area contributed by atoms with Gasteiger partial charge in [-0.15, -0.1) is 0 Å². The second-order valence-electron chi connectivity index (χ2n) is 8.62. The predicted octanol–water partition coefficient (Wildman–Crippen LogP) is 3.66. The van der Waals surface area contributed by atoms with Crippen molar-refractivity contribution in [2.45, 2.75) is 19.9 Å². The molecule has 1 saturated heterocycles. The Morgan fingerprint density at radius 2 is 1.92 bits per heavy atom. The van der Waals surface area contributed by atoms with Crippen LogP contribution in [0.15, 0.2) is 42.5 Å². The van der Waals surface area contributed by atoms with Crippen LogP contribution in [0.4, 0.5) is 16.0 Å². The van der Waals surface area contributed by atoms with Crippen LogP contribution in [0.2, 0.25) is 0 Å². The number of benzene rings is 2.